The smallest absolute Gasteiger partial charge is 0.321 e. The van der Waals surface area contributed by atoms with E-state index in [4.69, 9.17) is 0 Å². The number of carbonyl (C=O) groups is 1. The number of benzene rings is 1. The van der Waals surface area contributed by atoms with Crippen LogP contribution in [0.1, 0.15) is 12.8 Å². The molecular weight excluding hydrogens is 359 g/mol. The fourth-order valence-electron chi connectivity index (χ4n) is 3.83. The second-order valence-electron chi connectivity index (χ2n) is 7.00. The summed E-state index contributed by atoms with van der Waals surface area (Å²) in [5.41, 5.74) is 2.45. The molecular formula is C20H21FN6O. The lowest BCUT2D eigenvalue weighted by Crippen LogP contribution is -2.53. The Morgan fingerprint density at radius 3 is 2.61 bits per heavy atom. The van der Waals surface area contributed by atoms with E-state index in [1.807, 2.05) is 4.90 Å². The molecule has 2 aromatic rings. The molecule has 1 aromatic carbocycles. The van der Waals surface area contributed by atoms with Gasteiger partial charge in [-0.3, -0.25) is 0 Å². The Hall–Kier alpha value is -3.21. The molecule has 0 spiro atoms. The molecule has 2 fully saturated rings. The highest BCUT2D eigenvalue weighted by molar-refractivity contribution is 5.77. The molecule has 0 radical (unpaired) electrons. The Morgan fingerprint density at radius 2 is 1.89 bits per heavy atom. The SMILES string of the molecule is N#C[C@H]1CCCN1C(=O)N1CCN(c2cncnc2-c2ccc(F)cc2)CC1. The van der Waals surface area contributed by atoms with Crippen molar-refractivity contribution < 1.29 is 9.18 Å². The summed E-state index contributed by atoms with van der Waals surface area (Å²) < 4.78 is 13.3. The lowest BCUT2D eigenvalue weighted by atomic mass is 10.1. The van der Waals surface area contributed by atoms with E-state index in [0.29, 0.717) is 32.7 Å². The molecule has 1 atom stereocenters. The third-order valence-electron chi connectivity index (χ3n) is 5.35. The van der Waals surface area contributed by atoms with E-state index < -0.39 is 0 Å². The average Bonchev–Trinajstić information content (AvgIpc) is 3.23. The van der Waals surface area contributed by atoms with Crippen LogP contribution in [0, 0.1) is 17.1 Å². The Balaban J connectivity index is 1.47. The molecule has 1 aromatic heterocycles. The molecule has 7 nitrogen and oxygen atoms in total. The Labute approximate surface area is 163 Å². The highest BCUT2D eigenvalue weighted by atomic mass is 19.1. The first-order valence-electron chi connectivity index (χ1n) is 9.43. The minimum Gasteiger partial charge on any atom is -0.365 e. The van der Waals surface area contributed by atoms with E-state index in [1.54, 1.807) is 23.2 Å². The van der Waals surface area contributed by atoms with Gasteiger partial charge >= 0.3 is 6.03 Å². The average molecular weight is 380 g/mol. The number of anilines is 1. The van der Waals surface area contributed by atoms with Crippen LogP contribution in [0.25, 0.3) is 11.3 Å². The van der Waals surface area contributed by atoms with E-state index in [9.17, 15) is 14.4 Å². The molecule has 144 valence electrons. The van der Waals surface area contributed by atoms with E-state index >= 15 is 0 Å². The number of hydrogen-bond donors (Lipinski definition) is 0. The van der Waals surface area contributed by atoms with Crippen molar-refractivity contribution in [2.24, 2.45) is 0 Å². The van der Waals surface area contributed by atoms with Crippen molar-refractivity contribution in [3.63, 3.8) is 0 Å². The molecule has 0 N–H and O–H groups in total. The summed E-state index contributed by atoms with van der Waals surface area (Å²) in [7, 11) is 0. The quantitative estimate of drug-likeness (QED) is 0.800. The van der Waals surface area contributed by atoms with Crippen molar-refractivity contribution in [3.05, 3.63) is 42.6 Å². The number of nitriles is 1. The van der Waals surface area contributed by atoms with Crippen molar-refractivity contribution >= 4 is 11.7 Å². The maximum atomic E-state index is 13.3. The van der Waals surface area contributed by atoms with Gasteiger partial charge in [0.1, 0.15) is 18.2 Å². The van der Waals surface area contributed by atoms with Gasteiger partial charge in [0.2, 0.25) is 0 Å². The monoisotopic (exact) mass is 380 g/mol. The largest absolute Gasteiger partial charge is 0.365 e. The molecule has 4 rings (SSSR count). The Kier molecular flexibility index (Phi) is 5.06. The van der Waals surface area contributed by atoms with E-state index in [0.717, 1.165) is 29.8 Å². The van der Waals surface area contributed by atoms with E-state index in [2.05, 4.69) is 20.9 Å². The molecule has 0 unspecified atom stereocenters. The van der Waals surface area contributed by atoms with Crippen LogP contribution in [0.5, 0.6) is 0 Å². The number of urea groups is 1. The molecule has 0 saturated carbocycles. The zero-order valence-corrected chi connectivity index (χ0v) is 15.5. The molecule has 8 heteroatoms. The number of hydrogen-bond acceptors (Lipinski definition) is 5. The number of nitrogens with zero attached hydrogens (tertiary/aromatic N) is 6. The summed E-state index contributed by atoms with van der Waals surface area (Å²) in [6.45, 7) is 3.10. The van der Waals surface area contributed by atoms with Crippen molar-refractivity contribution in [3.8, 4) is 17.3 Å². The molecule has 2 aliphatic heterocycles. The van der Waals surface area contributed by atoms with Gasteiger partial charge in [0.05, 0.1) is 23.6 Å². The zero-order valence-electron chi connectivity index (χ0n) is 15.5. The molecule has 2 aliphatic rings. The number of carbonyl (C=O) groups excluding carboxylic acids is 1. The highest BCUT2D eigenvalue weighted by Gasteiger charge is 2.33. The molecule has 28 heavy (non-hydrogen) atoms. The lowest BCUT2D eigenvalue weighted by molar-refractivity contribution is 0.152. The summed E-state index contributed by atoms with van der Waals surface area (Å²) >= 11 is 0. The first-order valence-corrected chi connectivity index (χ1v) is 9.43. The summed E-state index contributed by atoms with van der Waals surface area (Å²) in [5.74, 6) is -0.288. The van der Waals surface area contributed by atoms with Crippen molar-refractivity contribution in [2.75, 3.05) is 37.6 Å². The minimum absolute atomic E-state index is 0.0493. The predicted molar refractivity (Wildman–Crippen MR) is 102 cm³/mol. The second kappa shape index (κ2) is 7.80. The molecule has 2 amide bonds. The van der Waals surface area contributed by atoms with Crippen LogP contribution in [0.15, 0.2) is 36.8 Å². The third-order valence-corrected chi connectivity index (χ3v) is 5.35. The summed E-state index contributed by atoms with van der Waals surface area (Å²) in [6.07, 6.45) is 4.88. The van der Waals surface area contributed by atoms with E-state index in [-0.39, 0.29) is 17.9 Å². The molecule has 0 aliphatic carbocycles. The third kappa shape index (κ3) is 3.48. The Morgan fingerprint density at radius 1 is 1.14 bits per heavy atom. The molecule has 3 heterocycles. The fraction of sp³-hybridized carbons (Fsp3) is 0.400. The van der Waals surface area contributed by atoms with Crippen molar-refractivity contribution in [1.29, 1.82) is 5.26 Å². The van der Waals surface area contributed by atoms with Crippen LogP contribution in [0.4, 0.5) is 14.9 Å². The van der Waals surface area contributed by atoms with Gasteiger partial charge in [-0.05, 0) is 37.1 Å². The van der Waals surface area contributed by atoms with Gasteiger partial charge < -0.3 is 14.7 Å². The molecule has 2 saturated heterocycles. The standard InChI is InChI=1S/C20H21FN6O/c21-16-5-3-15(4-6-16)19-18(13-23-14-24-19)25-8-10-26(11-9-25)20(28)27-7-1-2-17(27)12-22/h3-6,13-14,17H,1-2,7-11H2/t17-/m1/s1. The van der Waals surface area contributed by atoms with Gasteiger partial charge in [-0.15, -0.1) is 0 Å². The number of likely N-dealkylation sites (tertiary alicyclic amines) is 1. The number of aromatic nitrogens is 2. The van der Waals surface area contributed by atoms with Gasteiger partial charge in [-0.25, -0.2) is 19.2 Å². The number of amides is 2. The number of piperazine rings is 1. The van der Waals surface area contributed by atoms with Gasteiger partial charge in [-0.2, -0.15) is 5.26 Å². The lowest BCUT2D eigenvalue weighted by Gasteiger charge is -2.38. The zero-order chi connectivity index (χ0) is 19.5. The Bertz CT molecular complexity index is 888. The maximum absolute atomic E-state index is 13.3. The van der Waals surface area contributed by atoms with Crippen LogP contribution in [-0.4, -0.2) is 64.6 Å². The number of halogens is 1. The normalized spacial score (nSPS) is 19.6. The van der Waals surface area contributed by atoms with Crippen LogP contribution < -0.4 is 4.90 Å². The molecule has 0 bridgehead atoms. The minimum atomic E-state index is -0.307. The first kappa shape index (κ1) is 18.2. The first-order chi connectivity index (χ1) is 13.7. The van der Waals surface area contributed by atoms with Crippen LogP contribution in [-0.2, 0) is 0 Å². The van der Waals surface area contributed by atoms with Crippen molar-refractivity contribution in [2.45, 2.75) is 18.9 Å². The van der Waals surface area contributed by atoms with Gasteiger partial charge in [0, 0.05) is 38.3 Å². The van der Waals surface area contributed by atoms with Crippen molar-refractivity contribution in [1.82, 2.24) is 19.8 Å². The van der Waals surface area contributed by atoms with Crippen LogP contribution in [0.3, 0.4) is 0 Å². The van der Waals surface area contributed by atoms with E-state index in [1.165, 1.54) is 18.5 Å². The maximum Gasteiger partial charge on any atom is 0.321 e. The summed E-state index contributed by atoms with van der Waals surface area (Å²) in [5, 5.41) is 9.22. The summed E-state index contributed by atoms with van der Waals surface area (Å²) in [6, 6.07) is 8.11. The van der Waals surface area contributed by atoms with Gasteiger partial charge in [0.15, 0.2) is 0 Å². The van der Waals surface area contributed by atoms with Crippen LogP contribution >= 0.6 is 0 Å². The van der Waals surface area contributed by atoms with Gasteiger partial charge in [0.25, 0.3) is 0 Å². The second-order valence-corrected chi connectivity index (χ2v) is 7.00. The number of rotatable bonds is 2. The highest BCUT2D eigenvalue weighted by Crippen LogP contribution is 2.29. The van der Waals surface area contributed by atoms with Crippen LogP contribution in [0.2, 0.25) is 0 Å². The van der Waals surface area contributed by atoms with Gasteiger partial charge in [-0.1, -0.05) is 0 Å². The topological polar surface area (TPSA) is 76.4 Å². The summed E-state index contributed by atoms with van der Waals surface area (Å²) in [4.78, 5) is 26.9. The fourth-order valence-corrected chi connectivity index (χ4v) is 3.83. The predicted octanol–water partition coefficient (Wildman–Crippen LogP) is 2.51.